The van der Waals surface area contributed by atoms with Gasteiger partial charge in [-0.1, -0.05) is 0 Å². The van der Waals surface area contributed by atoms with Crippen LogP contribution in [0.15, 0.2) is 6.20 Å². The van der Waals surface area contributed by atoms with Crippen LogP contribution in [0.25, 0.3) is 0 Å². The number of hydrogen-bond acceptors (Lipinski definition) is 3. The molecule has 0 aliphatic carbocycles. The first-order chi connectivity index (χ1) is 7.63. The third-order valence-corrected chi connectivity index (χ3v) is 3.13. The van der Waals surface area contributed by atoms with Gasteiger partial charge in [0.05, 0.1) is 5.69 Å². The van der Waals surface area contributed by atoms with E-state index in [2.05, 4.69) is 12.0 Å². The molecule has 5 nitrogen and oxygen atoms in total. The lowest BCUT2D eigenvalue weighted by Gasteiger charge is -2.20. The fraction of sp³-hybridized carbons (Fsp3) is 0.636. The van der Waals surface area contributed by atoms with Gasteiger partial charge >= 0.3 is 0 Å². The SMILES string of the molecule is CCn1cc(N)c(C(=O)N2CCCC2C)n1. The molecule has 2 rings (SSSR count). The molecule has 1 saturated heterocycles. The van der Waals surface area contributed by atoms with Gasteiger partial charge in [-0.3, -0.25) is 9.48 Å². The number of rotatable bonds is 2. The summed E-state index contributed by atoms with van der Waals surface area (Å²) in [7, 11) is 0. The van der Waals surface area contributed by atoms with Crippen LogP contribution in [0.4, 0.5) is 5.69 Å². The number of likely N-dealkylation sites (tertiary alicyclic amines) is 1. The Bertz CT molecular complexity index is 399. The summed E-state index contributed by atoms with van der Waals surface area (Å²) >= 11 is 0. The Balaban J connectivity index is 2.22. The van der Waals surface area contributed by atoms with Crippen molar-refractivity contribution in [1.29, 1.82) is 0 Å². The van der Waals surface area contributed by atoms with E-state index < -0.39 is 0 Å². The van der Waals surface area contributed by atoms with Crippen molar-refractivity contribution in [3.63, 3.8) is 0 Å². The lowest BCUT2D eigenvalue weighted by Crippen LogP contribution is -2.34. The Morgan fingerprint density at radius 1 is 1.69 bits per heavy atom. The second-order valence-corrected chi connectivity index (χ2v) is 4.28. The van der Waals surface area contributed by atoms with Gasteiger partial charge in [0.2, 0.25) is 0 Å². The molecule has 2 N–H and O–H groups in total. The van der Waals surface area contributed by atoms with Gasteiger partial charge in [-0.15, -0.1) is 0 Å². The molecule has 1 fully saturated rings. The summed E-state index contributed by atoms with van der Waals surface area (Å²) in [5.41, 5.74) is 6.68. The number of carbonyl (C=O) groups is 1. The highest BCUT2D eigenvalue weighted by molar-refractivity contribution is 5.97. The van der Waals surface area contributed by atoms with E-state index in [0.29, 0.717) is 17.4 Å². The van der Waals surface area contributed by atoms with Gasteiger partial charge in [0.25, 0.3) is 5.91 Å². The van der Waals surface area contributed by atoms with Crippen LogP contribution in [0.3, 0.4) is 0 Å². The lowest BCUT2D eigenvalue weighted by molar-refractivity contribution is 0.0741. The van der Waals surface area contributed by atoms with Crippen LogP contribution in [-0.4, -0.2) is 33.2 Å². The Hall–Kier alpha value is -1.52. The summed E-state index contributed by atoms with van der Waals surface area (Å²) < 4.78 is 1.70. The molecule has 5 heteroatoms. The number of aromatic nitrogens is 2. The first-order valence-corrected chi connectivity index (χ1v) is 5.77. The number of anilines is 1. The molecule has 1 amide bonds. The number of amides is 1. The normalized spacial score (nSPS) is 20.4. The monoisotopic (exact) mass is 222 g/mol. The molecule has 1 aliphatic heterocycles. The summed E-state index contributed by atoms with van der Waals surface area (Å²) in [4.78, 5) is 14.0. The zero-order chi connectivity index (χ0) is 11.7. The minimum Gasteiger partial charge on any atom is -0.396 e. The molecule has 16 heavy (non-hydrogen) atoms. The van der Waals surface area contributed by atoms with Crippen LogP contribution in [0.2, 0.25) is 0 Å². The maximum absolute atomic E-state index is 12.2. The Kier molecular flexibility index (Phi) is 2.85. The predicted molar refractivity (Wildman–Crippen MR) is 62.0 cm³/mol. The second-order valence-electron chi connectivity index (χ2n) is 4.28. The first kappa shape index (κ1) is 11.0. The quantitative estimate of drug-likeness (QED) is 0.815. The van der Waals surface area contributed by atoms with Gasteiger partial charge in [-0.2, -0.15) is 5.10 Å². The van der Waals surface area contributed by atoms with E-state index in [9.17, 15) is 4.79 Å². The Labute approximate surface area is 95.2 Å². The first-order valence-electron chi connectivity index (χ1n) is 5.77. The van der Waals surface area contributed by atoms with E-state index in [1.54, 1.807) is 10.9 Å². The lowest BCUT2D eigenvalue weighted by atomic mass is 10.2. The number of nitrogens with zero attached hydrogens (tertiary/aromatic N) is 3. The summed E-state index contributed by atoms with van der Waals surface area (Å²) in [6.45, 7) is 5.59. The predicted octanol–water partition coefficient (Wildman–Crippen LogP) is 1.11. The van der Waals surface area contributed by atoms with Gasteiger partial charge in [0.15, 0.2) is 5.69 Å². The average Bonchev–Trinajstić information content (AvgIpc) is 2.83. The molecule has 1 aliphatic rings. The Morgan fingerprint density at radius 2 is 2.44 bits per heavy atom. The van der Waals surface area contributed by atoms with Crippen LogP contribution in [-0.2, 0) is 6.54 Å². The molecule has 0 bridgehead atoms. The standard InChI is InChI=1S/C11H18N4O/c1-3-14-7-9(12)10(13-14)11(16)15-6-4-5-8(15)2/h7-8H,3-6,12H2,1-2H3. The van der Waals surface area contributed by atoms with E-state index >= 15 is 0 Å². The van der Waals surface area contributed by atoms with Crippen LogP contribution >= 0.6 is 0 Å². The molecule has 0 spiro atoms. The summed E-state index contributed by atoms with van der Waals surface area (Å²) in [5.74, 6) is -0.0327. The maximum atomic E-state index is 12.2. The van der Waals surface area contributed by atoms with Crippen molar-refractivity contribution in [2.45, 2.75) is 39.3 Å². The molecule has 88 valence electrons. The molecule has 1 unspecified atom stereocenters. The molecule has 1 aromatic rings. The van der Waals surface area contributed by atoms with E-state index in [4.69, 9.17) is 5.73 Å². The largest absolute Gasteiger partial charge is 0.396 e. The number of nitrogen functional groups attached to an aromatic ring is 1. The minimum absolute atomic E-state index is 0.0327. The van der Waals surface area contributed by atoms with Crippen molar-refractivity contribution in [3.05, 3.63) is 11.9 Å². The minimum atomic E-state index is -0.0327. The van der Waals surface area contributed by atoms with Gasteiger partial charge in [-0.25, -0.2) is 0 Å². The second kappa shape index (κ2) is 4.15. The topological polar surface area (TPSA) is 64.2 Å². The van der Waals surface area contributed by atoms with Crippen LogP contribution in [0.5, 0.6) is 0 Å². The van der Waals surface area contributed by atoms with Gasteiger partial charge < -0.3 is 10.6 Å². The van der Waals surface area contributed by atoms with Gasteiger partial charge in [-0.05, 0) is 26.7 Å². The Morgan fingerprint density at radius 3 is 2.94 bits per heavy atom. The molecular formula is C11H18N4O. The van der Waals surface area contributed by atoms with Crippen molar-refractivity contribution in [2.24, 2.45) is 0 Å². The zero-order valence-electron chi connectivity index (χ0n) is 9.81. The van der Waals surface area contributed by atoms with Crippen LogP contribution < -0.4 is 5.73 Å². The zero-order valence-corrected chi connectivity index (χ0v) is 9.81. The van der Waals surface area contributed by atoms with Gasteiger partial charge in [0.1, 0.15) is 0 Å². The highest BCUT2D eigenvalue weighted by Gasteiger charge is 2.28. The van der Waals surface area contributed by atoms with E-state index in [-0.39, 0.29) is 5.91 Å². The number of nitrogens with two attached hydrogens (primary N) is 1. The molecule has 0 aromatic carbocycles. The van der Waals surface area contributed by atoms with E-state index in [1.165, 1.54) is 0 Å². The van der Waals surface area contributed by atoms with Crippen LogP contribution in [0, 0.1) is 0 Å². The van der Waals surface area contributed by atoms with Crippen molar-refractivity contribution in [1.82, 2.24) is 14.7 Å². The summed E-state index contributed by atoms with van der Waals surface area (Å²) in [6, 6.07) is 0.304. The third-order valence-electron chi connectivity index (χ3n) is 3.13. The average molecular weight is 222 g/mol. The van der Waals surface area contributed by atoms with Crippen LogP contribution in [0.1, 0.15) is 37.2 Å². The number of hydrogen-bond donors (Lipinski definition) is 1. The molecular weight excluding hydrogens is 204 g/mol. The highest BCUT2D eigenvalue weighted by Crippen LogP contribution is 2.21. The number of aryl methyl sites for hydroxylation is 1. The molecule has 1 atom stereocenters. The molecule has 2 heterocycles. The smallest absolute Gasteiger partial charge is 0.276 e. The van der Waals surface area contributed by atoms with Crippen molar-refractivity contribution >= 4 is 11.6 Å². The van der Waals surface area contributed by atoms with E-state index in [0.717, 1.165) is 25.9 Å². The van der Waals surface area contributed by atoms with Crippen molar-refractivity contribution < 1.29 is 4.79 Å². The molecule has 0 radical (unpaired) electrons. The maximum Gasteiger partial charge on any atom is 0.276 e. The summed E-state index contributed by atoms with van der Waals surface area (Å²) in [6.07, 6.45) is 3.86. The van der Waals surface area contributed by atoms with Crippen molar-refractivity contribution in [3.8, 4) is 0 Å². The molecule has 0 saturated carbocycles. The molecule has 1 aromatic heterocycles. The fourth-order valence-corrected chi connectivity index (χ4v) is 2.14. The summed E-state index contributed by atoms with van der Waals surface area (Å²) in [5, 5.41) is 4.21. The van der Waals surface area contributed by atoms with Crippen molar-refractivity contribution in [2.75, 3.05) is 12.3 Å². The van der Waals surface area contributed by atoms with E-state index in [1.807, 2.05) is 11.8 Å². The van der Waals surface area contributed by atoms with Gasteiger partial charge in [0, 0.05) is 25.3 Å². The number of carbonyl (C=O) groups excluding carboxylic acids is 1. The highest BCUT2D eigenvalue weighted by atomic mass is 16.2. The third kappa shape index (κ3) is 1.77. The fourth-order valence-electron chi connectivity index (χ4n) is 2.14.